The highest BCUT2D eigenvalue weighted by molar-refractivity contribution is 7.99. The molecule has 0 spiro atoms. The van der Waals surface area contributed by atoms with Crippen molar-refractivity contribution in [2.45, 2.75) is 50.0 Å². The normalized spacial score (nSPS) is 13.5. The second kappa shape index (κ2) is 10.5. The van der Waals surface area contributed by atoms with Crippen LogP contribution < -0.4 is 5.32 Å². The number of thioether (sulfide) groups is 1. The first-order valence-electron chi connectivity index (χ1n) is 9.86. The summed E-state index contributed by atoms with van der Waals surface area (Å²) in [5, 5.41) is 22.2. The first-order valence-corrected chi connectivity index (χ1v) is 11.2. The van der Waals surface area contributed by atoms with Crippen LogP contribution >= 0.6 is 23.4 Å². The van der Waals surface area contributed by atoms with Crippen LogP contribution in [0.25, 0.3) is 0 Å². The maximum atomic E-state index is 12.3. The van der Waals surface area contributed by atoms with Gasteiger partial charge in [-0.25, -0.2) is 9.78 Å². The topological polar surface area (TPSA) is 103 Å². The van der Waals surface area contributed by atoms with Crippen LogP contribution in [0.15, 0.2) is 29.3 Å². The van der Waals surface area contributed by atoms with E-state index in [2.05, 4.69) is 11.4 Å². The van der Waals surface area contributed by atoms with Gasteiger partial charge in [-0.15, -0.1) is 11.8 Å². The van der Waals surface area contributed by atoms with Gasteiger partial charge in [-0.3, -0.25) is 4.79 Å². The summed E-state index contributed by atoms with van der Waals surface area (Å²) < 4.78 is 0. The van der Waals surface area contributed by atoms with E-state index in [0.717, 1.165) is 31.4 Å². The van der Waals surface area contributed by atoms with Crippen molar-refractivity contribution in [2.75, 3.05) is 11.1 Å². The molecule has 1 aliphatic rings. The van der Waals surface area contributed by atoms with Gasteiger partial charge in [-0.1, -0.05) is 24.4 Å². The van der Waals surface area contributed by atoms with Gasteiger partial charge in [0.1, 0.15) is 11.1 Å². The fourth-order valence-corrected chi connectivity index (χ4v) is 4.45. The molecule has 8 heteroatoms. The smallest absolute Gasteiger partial charge is 0.335 e. The van der Waals surface area contributed by atoms with Crippen molar-refractivity contribution in [1.82, 2.24) is 4.98 Å². The third-order valence-corrected chi connectivity index (χ3v) is 6.26. The van der Waals surface area contributed by atoms with Gasteiger partial charge in [0.2, 0.25) is 5.91 Å². The van der Waals surface area contributed by atoms with Crippen molar-refractivity contribution in [1.29, 1.82) is 5.26 Å². The number of carboxylic acids is 1. The molecule has 0 fully saturated rings. The summed E-state index contributed by atoms with van der Waals surface area (Å²) in [6.45, 7) is 0. The van der Waals surface area contributed by atoms with Gasteiger partial charge in [0.15, 0.2) is 0 Å². The van der Waals surface area contributed by atoms with Gasteiger partial charge in [-0.2, -0.15) is 5.26 Å². The van der Waals surface area contributed by atoms with Gasteiger partial charge in [0.25, 0.3) is 0 Å². The number of carboxylic acid groups (broad SMARTS) is 1. The maximum absolute atomic E-state index is 12.3. The second-order valence-corrected chi connectivity index (χ2v) is 8.61. The molecule has 0 unspecified atom stereocenters. The third kappa shape index (κ3) is 5.74. The molecule has 6 nitrogen and oxygen atoms in total. The zero-order valence-electron chi connectivity index (χ0n) is 16.4. The van der Waals surface area contributed by atoms with Crippen molar-refractivity contribution in [3.8, 4) is 6.07 Å². The average Bonchev–Trinajstić information content (AvgIpc) is 2.70. The maximum Gasteiger partial charge on any atom is 0.335 e. The van der Waals surface area contributed by atoms with E-state index in [1.807, 2.05) is 6.07 Å². The number of fused-ring (bicyclic) bond motifs is 1. The number of nitrogens with one attached hydrogen (secondary N) is 1. The fraction of sp³-hybridized carbons (Fsp3) is 0.364. The summed E-state index contributed by atoms with van der Waals surface area (Å²) in [5.41, 5.74) is 3.10. The minimum atomic E-state index is -1.09. The first kappa shape index (κ1) is 22.1. The Bertz CT molecular complexity index is 1000. The number of nitrogens with zero attached hydrogens (tertiary/aromatic N) is 2. The molecule has 3 rings (SSSR count). The Morgan fingerprint density at radius 2 is 1.97 bits per heavy atom. The zero-order valence-corrected chi connectivity index (χ0v) is 18.0. The molecular weight excluding hydrogens is 422 g/mol. The Morgan fingerprint density at radius 3 is 2.70 bits per heavy atom. The number of halogens is 1. The van der Waals surface area contributed by atoms with E-state index in [-0.39, 0.29) is 28.6 Å². The van der Waals surface area contributed by atoms with E-state index in [1.54, 1.807) is 0 Å². The number of carbonyl (C=O) groups is 2. The van der Waals surface area contributed by atoms with Crippen LogP contribution in [0.2, 0.25) is 5.02 Å². The van der Waals surface area contributed by atoms with Crippen LogP contribution in [0.3, 0.4) is 0 Å². The van der Waals surface area contributed by atoms with Crippen molar-refractivity contribution < 1.29 is 14.7 Å². The van der Waals surface area contributed by atoms with Crippen molar-refractivity contribution in [2.24, 2.45) is 0 Å². The second-order valence-electron chi connectivity index (χ2n) is 7.12. The van der Waals surface area contributed by atoms with Crippen LogP contribution in [0.5, 0.6) is 0 Å². The number of aromatic carboxylic acids is 1. The van der Waals surface area contributed by atoms with Crippen LogP contribution in [-0.2, 0) is 17.6 Å². The van der Waals surface area contributed by atoms with Crippen LogP contribution in [0.1, 0.15) is 59.3 Å². The minimum Gasteiger partial charge on any atom is -0.478 e. The molecule has 1 aromatic heterocycles. The van der Waals surface area contributed by atoms with Crippen LogP contribution in [-0.4, -0.2) is 27.7 Å². The molecule has 0 bridgehead atoms. The van der Waals surface area contributed by atoms with E-state index >= 15 is 0 Å². The molecule has 2 N–H and O–H groups in total. The standard InChI is InChI=1S/C22H22ClN3O3S/c23-17-8-7-15(22(28)29)12-19(17)25-20(27)9-10-30-21-16(13-24)11-14-5-3-1-2-4-6-18(14)26-21/h7-8,11-12H,1-6,9-10H2,(H,25,27)(H,28,29). The predicted octanol–water partition coefficient (Wildman–Crippen LogP) is 5.08. The van der Waals surface area contributed by atoms with Gasteiger partial charge in [0, 0.05) is 17.9 Å². The number of hydrogen-bond donors (Lipinski definition) is 2. The Kier molecular flexibility index (Phi) is 7.72. The number of aryl methyl sites for hydroxylation is 2. The lowest BCUT2D eigenvalue weighted by molar-refractivity contribution is -0.115. The van der Waals surface area contributed by atoms with E-state index in [4.69, 9.17) is 21.7 Å². The molecule has 1 amide bonds. The molecular formula is C22H22ClN3O3S. The van der Waals surface area contributed by atoms with Crippen molar-refractivity contribution in [3.63, 3.8) is 0 Å². The molecule has 1 aliphatic carbocycles. The SMILES string of the molecule is N#Cc1cc2c(nc1SCCC(=O)Nc1cc(C(=O)O)ccc1Cl)CCCCCC2. The third-order valence-electron chi connectivity index (χ3n) is 4.94. The Morgan fingerprint density at radius 1 is 1.20 bits per heavy atom. The Labute approximate surface area is 184 Å². The largest absolute Gasteiger partial charge is 0.478 e. The molecule has 2 aromatic rings. The quantitative estimate of drug-likeness (QED) is 0.603. The lowest BCUT2D eigenvalue weighted by Crippen LogP contribution is -2.13. The number of carbonyl (C=O) groups excluding carboxylic acids is 1. The first-order chi connectivity index (χ1) is 14.5. The van der Waals surface area contributed by atoms with E-state index in [1.165, 1.54) is 48.4 Å². The van der Waals surface area contributed by atoms with E-state index < -0.39 is 5.97 Å². The van der Waals surface area contributed by atoms with E-state index in [0.29, 0.717) is 16.3 Å². The number of rotatable bonds is 6. The molecule has 0 saturated heterocycles. The monoisotopic (exact) mass is 443 g/mol. The van der Waals surface area contributed by atoms with Gasteiger partial charge >= 0.3 is 5.97 Å². The summed E-state index contributed by atoms with van der Waals surface area (Å²) in [7, 11) is 0. The molecule has 1 aromatic carbocycles. The molecule has 0 radical (unpaired) electrons. The predicted molar refractivity (Wildman–Crippen MR) is 117 cm³/mol. The highest BCUT2D eigenvalue weighted by Crippen LogP contribution is 2.28. The summed E-state index contributed by atoms with van der Waals surface area (Å²) in [4.78, 5) is 28.1. The van der Waals surface area contributed by atoms with Gasteiger partial charge in [0.05, 0.1) is 21.8 Å². The Balaban J connectivity index is 1.63. The number of benzene rings is 1. The molecule has 156 valence electrons. The Hall–Kier alpha value is -2.56. The van der Waals surface area contributed by atoms with Crippen molar-refractivity contribution >= 4 is 40.9 Å². The van der Waals surface area contributed by atoms with Gasteiger partial charge in [-0.05, 0) is 55.5 Å². The minimum absolute atomic E-state index is 0.0488. The summed E-state index contributed by atoms with van der Waals surface area (Å²) in [6.07, 6.45) is 6.71. The number of hydrogen-bond acceptors (Lipinski definition) is 5. The van der Waals surface area contributed by atoms with Crippen LogP contribution in [0.4, 0.5) is 5.69 Å². The van der Waals surface area contributed by atoms with Crippen molar-refractivity contribution in [3.05, 3.63) is 51.7 Å². The summed E-state index contributed by atoms with van der Waals surface area (Å²) >= 11 is 7.43. The highest BCUT2D eigenvalue weighted by atomic mass is 35.5. The van der Waals surface area contributed by atoms with E-state index in [9.17, 15) is 14.9 Å². The number of anilines is 1. The number of nitriles is 1. The molecule has 0 aliphatic heterocycles. The highest BCUT2D eigenvalue weighted by Gasteiger charge is 2.15. The molecule has 0 saturated carbocycles. The summed E-state index contributed by atoms with van der Waals surface area (Å²) in [5.74, 6) is -0.925. The van der Waals surface area contributed by atoms with Crippen LogP contribution in [0, 0.1) is 11.3 Å². The summed E-state index contributed by atoms with van der Waals surface area (Å²) in [6, 6.07) is 8.33. The number of pyridine rings is 1. The average molecular weight is 444 g/mol. The van der Waals surface area contributed by atoms with Gasteiger partial charge < -0.3 is 10.4 Å². The molecule has 0 atom stereocenters. The lowest BCUT2D eigenvalue weighted by atomic mass is 9.96. The molecule has 1 heterocycles. The number of aromatic nitrogens is 1. The fourth-order valence-electron chi connectivity index (χ4n) is 3.37. The zero-order chi connectivity index (χ0) is 21.5. The molecule has 30 heavy (non-hydrogen) atoms. The lowest BCUT2D eigenvalue weighted by Gasteiger charge is -2.15. The number of amides is 1.